The highest BCUT2D eigenvalue weighted by Gasteiger charge is 2.18. The van der Waals surface area contributed by atoms with Crippen LogP contribution in [0.1, 0.15) is 12.5 Å². The van der Waals surface area contributed by atoms with E-state index in [-0.39, 0.29) is 6.04 Å². The molecular formula is C25H19BN2. The molecule has 1 atom stereocenters. The van der Waals surface area contributed by atoms with Gasteiger partial charge < -0.3 is 4.57 Å². The predicted molar refractivity (Wildman–Crippen MR) is 118 cm³/mol. The molecule has 1 aromatic heterocycles. The number of allylic oxidation sites excluding steroid dienone is 4. The minimum atomic E-state index is 0.282. The molecule has 132 valence electrons. The SMILES string of the molecule is [B]c1ccc(-c2ccc(-c3nc4ccccc4n3C3C=CC=CC3)cc2)cc1. The number of aromatic nitrogens is 2. The Balaban J connectivity index is 1.60. The van der Waals surface area contributed by atoms with Crippen molar-refractivity contribution >= 4 is 24.3 Å². The molecule has 1 aliphatic carbocycles. The molecule has 0 saturated heterocycles. The molecule has 0 amide bonds. The van der Waals surface area contributed by atoms with Gasteiger partial charge in [-0.3, -0.25) is 0 Å². The molecule has 0 aliphatic heterocycles. The van der Waals surface area contributed by atoms with Gasteiger partial charge in [-0.15, -0.1) is 0 Å². The molecule has 1 unspecified atom stereocenters. The van der Waals surface area contributed by atoms with E-state index < -0.39 is 0 Å². The fourth-order valence-electron chi connectivity index (χ4n) is 3.83. The van der Waals surface area contributed by atoms with Gasteiger partial charge in [0.2, 0.25) is 0 Å². The van der Waals surface area contributed by atoms with Crippen LogP contribution in [0.3, 0.4) is 0 Å². The zero-order valence-electron chi connectivity index (χ0n) is 15.5. The smallest absolute Gasteiger partial charge is 0.141 e. The van der Waals surface area contributed by atoms with E-state index in [2.05, 4.69) is 83.5 Å². The first-order valence-corrected chi connectivity index (χ1v) is 9.56. The van der Waals surface area contributed by atoms with Crippen LogP contribution < -0.4 is 5.46 Å². The van der Waals surface area contributed by atoms with E-state index in [0.29, 0.717) is 0 Å². The van der Waals surface area contributed by atoms with Gasteiger partial charge in [0.1, 0.15) is 13.7 Å². The third kappa shape index (κ3) is 2.99. The van der Waals surface area contributed by atoms with Crippen molar-refractivity contribution in [3.05, 3.63) is 97.1 Å². The van der Waals surface area contributed by atoms with Gasteiger partial charge in [0, 0.05) is 5.56 Å². The first kappa shape index (κ1) is 16.8. The van der Waals surface area contributed by atoms with Crippen LogP contribution in [0.2, 0.25) is 0 Å². The second-order valence-corrected chi connectivity index (χ2v) is 7.11. The molecule has 1 aliphatic rings. The van der Waals surface area contributed by atoms with Gasteiger partial charge in [-0.1, -0.05) is 90.4 Å². The van der Waals surface area contributed by atoms with Gasteiger partial charge in [-0.2, -0.15) is 0 Å². The van der Waals surface area contributed by atoms with E-state index in [4.69, 9.17) is 12.8 Å². The largest absolute Gasteiger partial charge is 0.317 e. The number of fused-ring (bicyclic) bond motifs is 1. The maximum Gasteiger partial charge on any atom is 0.141 e. The monoisotopic (exact) mass is 358 g/mol. The Kier molecular flexibility index (Phi) is 4.21. The summed E-state index contributed by atoms with van der Waals surface area (Å²) < 4.78 is 2.35. The maximum atomic E-state index is 5.81. The Bertz CT molecular complexity index is 1180. The fraction of sp³-hybridized carbons (Fsp3) is 0.0800. The number of rotatable bonds is 3. The minimum Gasteiger partial charge on any atom is -0.317 e. The van der Waals surface area contributed by atoms with Crippen molar-refractivity contribution in [2.75, 3.05) is 0 Å². The van der Waals surface area contributed by atoms with Crippen molar-refractivity contribution in [1.29, 1.82) is 0 Å². The second kappa shape index (κ2) is 7.01. The van der Waals surface area contributed by atoms with E-state index in [1.54, 1.807) is 0 Å². The van der Waals surface area contributed by atoms with Crippen LogP contribution in [-0.2, 0) is 0 Å². The lowest BCUT2D eigenvalue weighted by atomic mass is 9.93. The van der Waals surface area contributed by atoms with Crippen LogP contribution in [0.25, 0.3) is 33.5 Å². The number of imidazole rings is 1. The molecule has 5 rings (SSSR count). The highest BCUT2D eigenvalue weighted by atomic mass is 15.1. The van der Waals surface area contributed by atoms with E-state index in [1.165, 1.54) is 11.1 Å². The summed E-state index contributed by atoms with van der Waals surface area (Å²) >= 11 is 0. The summed E-state index contributed by atoms with van der Waals surface area (Å²) in [7, 11) is 5.81. The average Bonchev–Trinajstić information content (AvgIpc) is 3.15. The van der Waals surface area contributed by atoms with Gasteiger partial charge in [0.05, 0.1) is 17.1 Å². The van der Waals surface area contributed by atoms with Gasteiger partial charge in [0.25, 0.3) is 0 Å². The molecular weight excluding hydrogens is 339 g/mol. The normalized spacial score (nSPS) is 15.9. The van der Waals surface area contributed by atoms with E-state index in [0.717, 1.165) is 34.4 Å². The van der Waals surface area contributed by atoms with Crippen molar-refractivity contribution in [2.24, 2.45) is 0 Å². The highest BCUT2D eigenvalue weighted by molar-refractivity contribution is 6.32. The fourth-order valence-corrected chi connectivity index (χ4v) is 3.83. The molecule has 0 bridgehead atoms. The first-order chi connectivity index (χ1) is 13.8. The number of hydrogen-bond donors (Lipinski definition) is 0. The number of nitrogens with zero attached hydrogens (tertiary/aromatic N) is 2. The van der Waals surface area contributed by atoms with Crippen molar-refractivity contribution in [2.45, 2.75) is 12.5 Å². The Morgan fingerprint density at radius 1 is 0.786 bits per heavy atom. The summed E-state index contributed by atoms with van der Waals surface area (Å²) in [6, 6.07) is 25.3. The summed E-state index contributed by atoms with van der Waals surface area (Å²) in [5.41, 5.74) is 6.44. The zero-order chi connectivity index (χ0) is 18.9. The molecule has 2 nitrogen and oxygen atoms in total. The van der Waals surface area contributed by atoms with Gasteiger partial charge in [-0.05, 0) is 29.7 Å². The summed E-state index contributed by atoms with van der Waals surface area (Å²) in [6.07, 6.45) is 9.68. The van der Waals surface area contributed by atoms with Crippen molar-refractivity contribution < 1.29 is 0 Å². The Morgan fingerprint density at radius 3 is 2.18 bits per heavy atom. The molecule has 0 N–H and O–H groups in total. The van der Waals surface area contributed by atoms with Gasteiger partial charge in [-0.25, -0.2) is 4.98 Å². The molecule has 3 heteroatoms. The van der Waals surface area contributed by atoms with Gasteiger partial charge in [0.15, 0.2) is 0 Å². The molecule has 1 heterocycles. The van der Waals surface area contributed by atoms with Crippen molar-refractivity contribution in [3.63, 3.8) is 0 Å². The summed E-state index contributed by atoms with van der Waals surface area (Å²) in [6.45, 7) is 0. The first-order valence-electron chi connectivity index (χ1n) is 9.56. The van der Waals surface area contributed by atoms with Crippen LogP contribution in [0.5, 0.6) is 0 Å². The Hall–Kier alpha value is -3.33. The third-order valence-corrected chi connectivity index (χ3v) is 5.27. The van der Waals surface area contributed by atoms with Crippen molar-refractivity contribution in [3.8, 4) is 22.5 Å². The topological polar surface area (TPSA) is 17.8 Å². The number of benzene rings is 3. The van der Waals surface area contributed by atoms with Crippen LogP contribution in [-0.4, -0.2) is 17.4 Å². The van der Waals surface area contributed by atoms with Crippen LogP contribution >= 0.6 is 0 Å². The molecule has 0 spiro atoms. The summed E-state index contributed by atoms with van der Waals surface area (Å²) in [5.74, 6) is 1.01. The molecule has 0 fully saturated rings. The number of para-hydroxylation sites is 2. The number of hydrogen-bond acceptors (Lipinski definition) is 1. The Labute approximate surface area is 166 Å². The van der Waals surface area contributed by atoms with Crippen LogP contribution in [0.15, 0.2) is 97.1 Å². The van der Waals surface area contributed by atoms with Gasteiger partial charge >= 0.3 is 0 Å². The second-order valence-electron chi connectivity index (χ2n) is 7.11. The summed E-state index contributed by atoms with van der Waals surface area (Å²) in [5, 5.41) is 0. The quantitative estimate of drug-likeness (QED) is 0.459. The lowest BCUT2D eigenvalue weighted by molar-refractivity contribution is 0.631. The Morgan fingerprint density at radius 2 is 1.46 bits per heavy atom. The lowest BCUT2D eigenvalue weighted by Gasteiger charge is -2.19. The molecule has 3 aromatic carbocycles. The third-order valence-electron chi connectivity index (χ3n) is 5.27. The van der Waals surface area contributed by atoms with E-state index >= 15 is 0 Å². The lowest BCUT2D eigenvalue weighted by Crippen LogP contribution is -2.08. The van der Waals surface area contributed by atoms with E-state index in [1.807, 2.05) is 18.2 Å². The van der Waals surface area contributed by atoms with E-state index in [9.17, 15) is 0 Å². The molecule has 0 saturated carbocycles. The predicted octanol–water partition coefficient (Wildman–Crippen LogP) is 5.22. The average molecular weight is 358 g/mol. The van der Waals surface area contributed by atoms with Crippen LogP contribution in [0.4, 0.5) is 0 Å². The molecule has 4 aromatic rings. The zero-order valence-corrected chi connectivity index (χ0v) is 15.5. The molecule has 28 heavy (non-hydrogen) atoms. The summed E-state index contributed by atoms with van der Waals surface area (Å²) in [4.78, 5) is 4.96. The maximum absolute atomic E-state index is 5.81. The van der Waals surface area contributed by atoms with Crippen LogP contribution in [0, 0.1) is 0 Å². The molecule has 2 radical (unpaired) electrons. The minimum absolute atomic E-state index is 0.282. The van der Waals surface area contributed by atoms with Crippen molar-refractivity contribution in [1.82, 2.24) is 9.55 Å². The highest BCUT2D eigenvalue weighted by Crippen LogP contribution is 2.32. The standard InChI is InChI=1S/C25H19BN2/c26-21-16-14-19(15-17-21)18-10-12-20(13-11-18)25-27-23-8-4-5-9-24(23)28(25)22-6-2-1-3-7-22/h1-6,8-17,22H,7H2.